The molecular weight excluding hydrogens is 238 g/mol. The van der Waals surface area contributed by atoms with Crippen molar-refractivity contribution < 1.29 is 5.11 Å². The second kappa shape index (κ2) is 5.23. The van der Waals surface area contributed by atoms with Gasteiger partial charge in [0.25, 0.3) is 0 Å². The van der Waals surface area contributed by atoms with Gasteiger partial charge in [-0.15, -0.1) is 0 Å². The largest absolute Gasteiger partial charge is 0.394 e. The fourth-order valence-electron chi connectivity index (χ4n) is 1.42. The molecule has 88 valence electrons. The molecule has 0 bridgehead atoms. The van der Waals surface area contributed by atoms with Gasteiger partial charge in [0, 0.05) is 16.8 Å². The lowest BCUT2D eigenvalue weighted by atomic mass is 10.1. The molecule has 5 heteroatoms. The van der Waals surface area contributed by atoms with Crippen molar-refractivity contribution in [1.29, 1.82) is 0 Å². The van der Waals surface area contributed by atoms with Gasteiger partial charge in [-0.25, -0.2) is 9.97 Å². The number of aliphatic hydroxyl groups is 1. The third-order valence-corrected chi connectivity index (χ3v) is 2.59. The van der Waals surface area contributed by atoms with Crippen molar-refractivity contribution in [2.75, 3.05) is 6.61 Å². The molecule has 0 fully saturated rings. The van der Waals surface area contributed by atoms with Crippen molar-refractivity contribution >= 4 is 11.6 Å². The molecular formula is C12H12ClN3O. The molecule has 0 aliphatic carbocycles. The van der Waals surface area contributed by atoms with Crippen molar-refractivity contribution in [3.8, 4) is 11.3 Å². The molecule has 0 amide bonds. The Morgan fingerprint density at radius 3 is 2.59 bits per heavy atom. The summed E-state index contributed by atoms with van der Waals surface area (Å²) in [6, 6.07) is 8.58. The van der Waals surface area contributed by atoms with Gasteiger partial charge < -0.3 is 10.8 Å². The van der Waals surface area contributed by atoms with E-state index >= 15 is 0 Å². The predicted octanol–water partition coefficient (Wildman–Crippen LogP) is 1.79. The van der Waals surface area contributed by atoms with Crippen LogP contribution in [-0.4, -0.2) is 21.7 Å². The minimum atomic E-state index is -0.553. The summed E-state index contributed by atoms with van der Waals surface area (Å²) in [5, 5.41) is 9.64. The van der Waals surface area contributed by atoms with E-state index in [1.54, 1.807) is 24.4 Å². The quantitative estimate of drug-likeness (QED) is 0.870. The Bertz CT molecular complexity index is 501. The number of nitrogens with zero attached hydrogens (tertiary/aromatic N) is 2. The smallest absolute Gasteiger partial charge is 0.147 e. The van der Waals surface area contributed by atoms with Crippen LogP contribution in [0.15, 0.2) is 36.5 Å². The average molecular weight is 250 g/mol. The minimum absolute atomic E-state index is 0.177. The van der Waals surface area contributed by atoms with Crippen LogP contribution in [0, 0.1) is 0 Å². The van der Waals surface area contributed by atoms with Crippen LogP contribution in [0.1, 0.15) is 11.9 Å². The summed E-state index contributed by atoms with van der Waals surface area (Å²) < 4.78 is 0. The number of rotatable bonds is 3. The zero-order chi connectivity index (χ0) is 12.3. The monoisotopic (exact) mass is 249 g/mol. The maximum absolute atomic E-state index is 8.96. The highest BCUT2D eigenvalue weighted by Gasteiger charge is 2.09. The van der Waals surface area contributed by atoms with Crippen LogP contribution >= 0.6 is 11.6 Å². The van der Waals surface area contributed by atoms with Gasteiger partial charge in [-0.05, 0) is 18.2 Å². The van der Waals surface area contributed by atoms with Crippen LogP contribution in [0.4, 0.5) is 0 Å². The lowest BCUT2D eigenvalue weighted by molar-refractivity contribution is 0.263. The summed E-state index contributed by atoms with van der Waals surface area (Å²) in [6.45, 7) is -0.177. The SMILES string of the molecule is NC(CO)c1nccc(-c2ccc(Cl)cc2)n1. The maximum atomic E-state index is 8.96. The van der Waals surface area contributed by atoms with E-state index < -0.39 is 6.04 Å². The van der Waals surface area contributed by atoms with E-state index in [0.29, 0.717) is 10.8 Å². The highest BCUT2D eigenvalue weighted by Crippen LogP contribution is 2.20. The summed E-state index contributed by atoms with van der Waals surface area (Å²) in [7, 11) is 0. The van der Waals surface area contributed by atoms with Crippen molar-refractivity contribution in [2.45, 2.75) is 6.04 Å². The maximum Gasteiger partial charge on any atom is 0.147 e. The lowest BCUT2D eigenvalue weighted by Crippen LogP contribution is -2.17. The zero-order valence-electron chi connectivity index (χ0n) is 9.05. The molecule has 4 nitrogen and oxygen atoms in total. The Balaban J connectivity index is 2.36. The lowest BCUT2D eigenvalue weighted by Gasteiger charge is -2.08. The Morgan fingerprint density at radius 1 is 1.24 bits per heavy atom. The standard InChI is InChI=1S/C12H12ClN3O/c13-9-3-1-8(2-4-9)11-5-6-15-12(16-11)10(14)7-17/h1-6,10,17H,7,14H2. The number of aromatic nitrogens is 2. The summed E-state index contributed by atoms with van der Waals surface area (Å²) >= 11 is 5.82. The number of hydrogen-bond donors (Lipinski definition) is 2. The molecule has 0 saturated carbocycles. The van der Waals surface area contributed by atoms with Crippen molar-refractivity contribution in [3.63, 3.8) is 0 Å². The first kappa shape index (κ1) is 12.0. The molecule has 0 aliphatic rings. The van der Waals surface area contributed by atoms with Gasteiger partial charge in [-0.1, -0.05) is 23.7 Å². The molecule has 1 aromatic heterocycles. The Labute approximate surface area is 104 Å². The van der Waals surface area contributed by atoms with Gasteiger partial charge in [-0.3, -0.25) is 0 Å². The van der Waals surface area contributed by atoms with E-state index in [9.17, 15) is 0 Å². The van der Waals surface area contributed by atoms with Crippen LogP contribution in [-0.2, 0) is 0 Å². The van der Waals surface area contributed by atoms with Crippen LogP contribution < -0.4 is 5.73 Å². The van der Waals surface area contributed by atoms with E-state index in [1.165, 1.54) is 0 Å². The number of halogens is 1. The summed E-state index contributed by atoms with van der Waals surface area (Å²) in [5.41, 5.74) is 7.36. The van der Waals surface area contributed by atoms with Crippen LogP contribution in [0.2, 0.25) is 5.02 Å². The topological polar surface area (TPSA) is 72.0 Å². The van der Waals surface area contributed by atoms with E-state index in [1.807, 2.05) is 12.1 Å². The Morgan fingerprint density at radius 2 is 1.94 bits per heavy atom. The summed E-state index contributed by atoms with van der Waals surface area (Å²) in [6.07, 6.45) is 1.63. The van der Waals surface area contributed by atoms with Crippen LogP contribution in [0.3, 0.4) is 0 Å². The molecule has 0 spiro atoms. The first-order chi connectivity index (χ1) is 8.20. The third-order valence-electron chi connectivity index (χ3n) is 2.34. The normalized spacial score (nSPS) is 12.4. The van der Waals surface area contributed by atoms with Crippen molar-refractivity contribution in [2.24, 2.45) is 5.73 Å². The average Bonchev–Trinajstić information content (AvgIpc) is 2.39. The number of hydrogen-bond acceptors (Lipinski definition) is 4. The Hall–Kier alpha value is -1.49. The van der Waals surface area contributed by atoms with Crippen molar-refractivity contribution in [3.05, 3.63) is 47.4 Å². The zero-order valence-corrected chi connectivity index (χ0v) is 9.80. The molecule has 1 aromatic carbocycles. The highest BCUT2D eigenvalue weighted by molar-refractivity contribution is 6.30. The van der Waals surface area contributed by atoms with Gasteiger partial charge in [0.1, 0.15) is 5.82 Å². The predicted molar refractivity (Wildman–Crippen MR) is 66.5 cm³/mol. The number of aliphatic hydroxyl groups excluding tert-OH is 1. The molecule has 1 atom stereocenters. The molecule has 0 radical (unpaired) electrons. The van der Waals surface area contributed by atoms with Crippen molar-refractivity contribution in [1.82, 2.24) is 9.97 Å². The summed E-state index contributed by atoms with van der Waals surface area (Å²) in [5.74, 6) is 0.431. The molecule has 17 heavy (non-hydrogen) atoms. The van der Waals surface area contributed by atoms with Gasteiger partial charge in [0.15, 0.2) is 0 Å². The summed E-state index contributed by atoms with van der Waals surface area (Å²) in [4.78, 5) is 8.34. The van der Waals surface area contributed by atoms with E-state index in [0.717, 1.165) is 11.3 Å². The van der Waals surface area contributed by atoms with E-state index in [4.69, 9.17) is 22.4 Å². The van der Waals surface area contributed by atoms with Gasteiger partial charge in [0.2, 0.25) is 0 Å². The molecule has 1 unspecified atom stereocenters. The molecule has 3 N–H and O–H groups in total. The first-order valence-electron chi connectivity index (χ1n) is 5.16. The second-order valence-electron chi connectivity index (χ2n) is 3.60. The molecule has 2 aromatic rings. The van der Waals surface area contributed by atoms with E-state index in [2.05, 4.69) is 9.97 Å². The first-order valence-corrected chi connectivity index (χ1v) is 5.54. The molecule has 2 rings (SSSR count). The van der Waals surface area contributed by atoms with Gasteiger partial charge in [-0.2, -0.15) is 0 Å². The molecule has 0 saturated heterocycles. The van der Waals surface area contributed by atoms with Crippen LogP contribution in [0.5, 0.6) is 0 Å². The highest BCUT2D eigenvalue weighted by atomic mass is 35.5. The number of nitrogens with two attached hydrogens (primary N) is 1. The molecule has 1 heterocycles. The minimum Gasteiger partial charge on any atom is -0.394 e. The van der Waals surface area contributed by atoms with Crippen LogP contribution in [0.25, 0.3) is 11.3 Å². The second-order valence-corrected chi connectivity index (χ2v) is 4.03. The fraction of sp³-hybridized carbons (Fsp3) is 0.167. The van der Waals surface area contributed by atoms with Gasteiger partial charge >= 0.3 is 0 Å². The Kier molecular flexibility index (Phi) is 3.68. The fourth-order valence-corrected chi connectivity index (χ4v) is 1.54. The number of benzene rings is 1. The third kappa shape index (κ3) is 2.79. The van der Waals surface area contributed by atoms with Gasteiger partial charge in [0.05, 0.1) is 18.3 Å². The molecule has 0 aliphatic heterocycles. The van der Waals surface area contributed by atoms with E-state index in [-0.39, 0.29) is 6.61 Å².